The van der Waals surface area contributed by atoms with Crippen molar-refractivity contribution in [2.45, 2.75) is 5.41 Å². The van der Waals surface area contributed by atoms with Gasteiger partial charge in [-0.05, 0) is 85.6 Å². The van der Waals surface area contributed by atoms with E-state index >= 15 is 0 Å². The van der Waals surface area contributed by atoms with Crippen LogP contribution in [0, 0.1) is 0 Å². The lowest BCUT2D eigenvalue weighted by atomic mass is 9.70. The molecular formula is C57H35NO. The molecule has 0 bridgehead atoms. The first-order valence-electron chi connectivity index (χ1n) is 20.4. The third-order valence-corrected chi connectivity index (χ3v) is 13.1. The average molecular weight is 750 g/mol. The van der Waals surface area contributed by atoms with E-state index in [9.17, 15) is 0 Å². The highest BCUT2D eigenvalue weighted by Crippen LogP contribution is 2.65. The van der Waals surface area contributed by atoms with Crippen LogP contribution in [0.2, 0.25) is 0 Å². The lowest BCUT2D eigenvalue weighted by molar-refractivity contribution is 0.673. The highest BCUT2D eigenvalue weighted by atomic mass is 16.3. The van der Waals surface area contributed by atoms with Crippen LogP contribution in [-0.2, 0) is 5.41 Å². The molecule has 0 aliphatic heterocycles. The van der Waals surface area contributed by atoms with E-state index in [0.29, 0.717) is 0 Å². The summed E-state index contributed by atoms with van der Waals surface area (Å²) in [6.45, 7) is 0. The van der Waals surface area contributed by atoms with Gasteiger partial charge in [0.1, 0.15) is 11.2 Å². The van der Waals surface area contributed by atoms with Crippen LogP contribution in [0.15, 0.2) is 217 Å². The highest BCUT2D eigenvalue weighted by Gasteiger charge is 2.52. The van der Waals surface area contributed by atoms with Gasteiger partial charge in [0, 0.05) is 32.7 Å². The third-order valence-electron chi connectivity index (χ3n) is 13.1. The maximum Gasteiger partial charge on any atom is 0.143 e. The molecular weight excluding hydrogens is 715 g/mol. The minimum Gasteiger partial charge on any atom is -0.455 e. The molecule has 274 valence electrons. The molecule has 0 radical (unpaired) electrons. The van der Waals surface area contributed by atoms with Crippen molar-refractivity contribution in [2.24, 2.45) is 0 Å². The molecule has 0 saturated carbocycles. The summed E-state index contributed by atoms with van der Waals surface area (Å²) in [7, 11) is 0. The second kappa shape index (κ2) is 12.2. The number of nitrogens with zero attached hydrogens (tertiary/aromatic N) is 1. The zero-order valence-electron chi connectivity index (χ0n) is 32.1. The van der Waals surface area contributed by atoms with Gasteiger partial charge in [0.2, 0.25) is 0 Å². The van der Waals surface area contributed by atoms with Crippen molar-refractivity contribution in [2.75, 3.05) is 4.90 Å². The van der Waals surface area contributed by atoms with Gasteiger partial charge in [0.25, 0.3) is 0 Å². The third kappa shape index (κ3) is 4.30. The van der Waals surface area contributed by atoms with E-state index in [2.05, 4.69) is 217 Å². The molecule has 59 heavy (non-hydrogen) atoms. The summed E-state index contributed by atoms with van der Waals surface area (Å²) in [5.41, 5.74) is 17.5. The summed E-state index contributed by atoms with van der Waals surface area (Å²) in [6.07, 6.45) is 0. The van der Waals surface area contributed by atoms with Crippen LogP contribution in [0.5, 0.6) is 0 Å². The van der Waals surface area contributed by atoms with E-state index in [1.165, 1.54) is 55.3 Å². The van der Waals surface area contributed by atoms with Crippen LogP contribution in [-0.4, -0.2) is 0 Å². The van der Waals surface area contributed by atoms with Crippen LogP contribution < -0.4 is 4.90 Å². The Hall–Kier alpha value is -7.68. The summed E-state index contributed by atoms with van der Waals surface area (Å²) >= 11 is 0. The summed E-state index contributed by atoms with van der Waals surface area (Å²) in [5, 5.41) is 6.90. The van der Waals surface area contributed by atoms with Crippen molar-refractivity contribution in [1.82, 2.24) is 0 Å². The molecule has 0 amide bonds. The zero-order valence-corrected chi connectivity index (χ0v) is 32.1. The predicted octanol–water partition coefficient (Wildman–Crippen LogP) is 15.4. The first-order chi connectivity index (χ1) is 29.3. The average Bonchev–Trinajstić information content (AvgIpc) is 3.94. The van der Waals surface area contributed by atoms with E-state index < -0.39 is 5.41 Å². The van der Waals surface area contributed by atoms with E-state index in [-0.39, 0.29) is 0 Å². The summed E-state index contributed by atoms with van der Waals surface area (Å²) in [4.78, 5) is 2.54. The van der Waals surface area contributed by atoms with E-state index in [1.54, 1.807) is 0 Å². The van der Waals surface area contributed by atoms with Crippen LogP contribution in [0.25, 0.3) is 76.9 Å². The number of anilines is 3. The molecule has 0 fully saturated rings. The predicted molar refractivity (Wildman–Crippen MR) is 245 cm³/mol. The molecule has 0 atom stereocenters. The first-order valence-corrected chi connectivity index (χ1v) is 20.4. The number of hydrogen-bond acceptors (Lipinski definition) is 2. The molecule has 2 aliphatic rings. The summed E-state index contributed by atoms with van der Waals surface area (Å²) in [6, 6.07) is 78.1. The van der Waals surface area contributed by atoms with Gasteiger partial charge in [-0.1, -0.05) is 182 Å². The van der Waals surface area contributed by atoms with Gasteiger partial charge in [-0.3, -0.25) is 0 Å². The topological polar surface area (TPSA) is 16.4 Å². The number of furan rings is 1. The standard InChI is InChI=1S/C57H35NO/c1-3-20-38-36(17-1)19-15-32-50(38)58(51-31-13-8-24-42(51)45-35-37-18-2-4-21-39(37)56-54(45)44-26-9-14-34-53(44)59-56)52-33-16-30-49-55(52)43-25-7-12-29-48(43)57(49)46-27-10-5-22-40(46)41-23-6-11-28-47(41)57/h1-35H. The molecule has 2 nitrogen and oxygen atoms in total. The summed E-state index contributed by atoms with van der Waals surface area (Å²) < 4.78 is 6.75. The van der Waals surface area contributed by atoms with E-state index in [1.807, 2.05) is 0 Å². The van der Waals surface area contributed by atoms with Gasteiger partial charge in [-0.15, -0.1) is 0 Å². The van der Waals surface area contributed by atoms with Crippen molar-refractivity contribution < 1.29 is 4.42 Å². The van der Waals surface area contributed by atoms with Gasteiger partial charge >= 0.3 is 0 Å². The molecule has 1 heterocycles. The normalized spacial score (nSPS) is 13.2. The van der Waals surface area contributed by atoms with Crippen LogP contribution in [0.4, 0.5) is 17.1 Å². The van der Waals surface area contributed by atoms with E-state index in [4.69, 9.17) is 4.42 Å². The van der Waals surface area contributed by atoms with Crippen molar-refractivity contribution in [1.29, 1.82) is 0 Å². The second-order valence-electron chi connectivity index (χ2n) is 15.9. The Balaban J connectivity index is 1.16. The molecule has 10 aromatic carbocycles. The molecule has 2 heteroatoms. The molecule has 0 unspecified atom stereocenters. The Kier molecular flexibility index (Phi) is 6.68. The van der Waals surface area contributed by atoms with E-state index in [0.717, 1.165) is 60.9 Å². The molecule has 0 N–H and O–H groups in total. The van der Waals surface area contributed by atoms with Crippen LogP contribution >= 0.6 is 0 Å². The van der Waals surface area contributed by atoms with Gasteiger partial charge in [0.15, 0.2) is 0 Å². The molecule has 11 aromatic rings. The van der Waals surface area contributed by atoms with Gasteiger partial charge in [0.05, 0.1) is 22.5 Å². The maximum absolute atomic E-state index is 6.75. The lowest BCUT2D eigenvalue weighted by Gasteiger charge is -2.33. The van der Waals surface area contributed by atoms with Crippen molar-refractivity contribution in [3.05, 3.63) is 235 Å². The smallest absolute Gasteiger partial charge is 0.143 e. The lowest BCUT2D eigenvalue weighted by Crippen LogP contribution is -2.26. The van der Waals surface area contributed by atoms with Crippen LogP contribution in [0.1, 0.15) is 22.3 Å². The first kappa shape index (κ1) is 32.4. The fourth-order valence-electron chi connectivity index (χ4n) is 10.8. The molecule has 2 aliphatic carbocycles. The number of hydrogen-bond donors (Lipinski definition) is 0. The Morgan fingerprint density at radius 2 is 0.847 bits per heavy atom. The summed E-state index contributed by atoms with van der Waals surface area (Å²) in [5.74, 6) is 0. The molecule has 1 spiro atoms. The van der Waals surface area contributed by atoms with Crippen molar-refractivity contribution in [3.8, 4) is 33.4 Å². The van der Waals surface area contributed by atoms with Gasteiger partial charge < -0.3 is 9.32 Å². The Morgan fingerprint density at radius 3 is 1.63 bits per heavy atom. The number of benzene rings is 10. The zero-order chi connectivity index (χ0) is 38.7. The largest absolute Gasteiger partial charge is 0.455 e. The minimum absolute atomic E-state index is 0.459. The van der Waals surface area contributed by atoms with Crippen molar-refractivity contribution in [3.63, 3.8) is 0 Å². The fraction of sp³-hybridized carbons (Fsp3) is 0.0175. The van der Waals surface area contributed by atoms with Crippen molar-refractivity contribution >= 4 is 60.5 Å². The molecule has 13 rings (SSSR count). The molecule has 0 saturated heterocycles. The fourth-order valence-corrected chi connectivity index (χ4v) is 10.8. The van der Waals surface area contributed by atoms with Crippen LogP contribution in [0.3, 0.4) is 0 Å². The maximum atomic E-state index is 6.75. The highest BCUT2D eigenvalue weighted by molar-refractivity contribution is 6.22. The van der Waals surface area contributed by atoms with Gasteiger partial charge in [-0.25, -0.2) is 0 Å². The second-order valence-corrected chi connectivity index (χ2v) is 15.9. The molecule has 1 aromatic heterocycles. The Morgan fingerprint density at radius 1 is 0.339 bits per heavy atom. The van der Waals surface area contributed by atoms with Gasteiger partial charge in [-0.2, -0.15) is 0 Å². The Bertz CT molecular complexity index is 3480. The number of rotatable bonds is 4. The monoisotopic (exact) mass is 749 g/mol. The SMILES string of the molecule is c1ccc(N(c2cccc3c2-c2ccccc2C32c3ccccc3-c3ccccc32)c2cccc3ccccc23)c(-c2cc3ccccc3c3oc4ccccc4c23)c1. The minimum atomic E-state index is -0.459. The Labute approximate surface area is 341 Å². The number of fused-ring (bicyclic) bond motifs is 16. The number of para-hydroxylation sites is 2. The quantitative estimate of drug-likeness (QED) is 0.178.